The van der Waals surface area contributed by atoms with E-state index in [0.29, 0.717) is 12.1 Å². The van der Waals surface area contributed by atoms with E-state index < -0.39 is 18.1 Å². The first kappa shape index (κ1) is 22.9. The highest BCUT2D eigenvalue weighted by molar-refractivity contribution is 6.05. The number of primary amides is 1. The maximum Gasteiger partial charge on any atom is 0.280 e. The zero-order valence-electron chi connectivity index (χ0n) is 17.9. The third-order valence-electron chi connectivity index (χ3n) is 5.53. The van der Waals surface area contributed by atoms with Gasteiger partial charge in [-0.05, 0) is 35.6 Å². The first-order chi connectivity index (χ1) is 15.8. The van der Waals surface area contributed by atoms with Crippen LogP contribution in [-0.2, 0) is 24.3 Å². The first-order valence-corrected chi connectivity index (χ1v) is 10.7. The van der Waals surface area contributed by atoms with Crippen LogP contribution in [-0.4, -0.2) is 46.3 Å². The fraction of sp³-hybridized carbons (Fsp3) is 0.391. The van der Waals surface area contributed by atoms with Crippen LogP contribution in [0, 0.1) is 0 Å². The van der Waals surface area contributed by atoms with E-state index in [9.17, 15) is 13.6 Å². The molecule has 1 fully saturated rings. The Hall–Kier alpha value is -3.27. The molecule has 1 atom stereocenters. The third-order valence-corrected chi connectivity index (χ3v) is 5.53. The van der Waals surface area contributed by atoms with Crippen LogP contribution in [0.25, 0.3) is 0 Å². The van der Waals surface area contributed by atoms with Crippen molar-refractivity contribution < 1.29 is 18.0 Å². The molecule has 0 radical (unpaired) electrons. The summed E-state index contributed by atoms with van der Waals surface area (Å²) in [4.78, 5) is 25.1. The van der Waals surface area contributed by atoms with Crippen LogP contribution in [0.4, 0.5) is 13.2 Å². The number of nitrogens with zero attached hydrogens (tertiary/aromatic N) is 4. The summed E-state index contributed by atoms with van der Waals surface area (Å²) in [6, 6.07) is 10.2. The molecule has 1 unspecified atom stereocenters. The quantitative estimate of drug-likeness (QED) is 0.565. The van der Waals surface area contributed by atoms with E-state index in [0.717, 1.165) is 24.0 Å². The lowest BCUT2D eigenvalue weighted by molar-refractivity contribution is -0.117. The fourth-order valence-corrected chi connectivity index (χ4v) is 3.70. The molecule has 1 amide bonds. The molecule has 2 heterocycles. The number of amides is 1. The van der Waals surface area contributed by atoms with E-state index in [1.165, 1.54) is 18.5 Å². The Morgan fingerprint density at radius 3 is 2.45 bits per heavy atom. The number of hydrogen-bond acceptors (Lipinski definition) is 6. The van der Waals surface area contributed by atoms with Gasteiger partial charge in [0.25, 0.3) is 12.2 Å². The number of nitrogens with one attached hydrogen (secondary N) is 1. The van der Waals surface area contributed by atoms with Gasteiger partial charge in [-0.1, -0.05) is 30.3 Å². The number of aliphatic imine (C=N–C) groups is 2. The van der Waals surface area contributed by atoms with Crippen molar-refractivity contribution in [1.29, 1.82) is 0 Å². The molecule has 3 N–H and O–H groups in total. The van der Waals surface area contributed by atoms with Crippen LogP contribution >= 0.6 is 0 Å². The molecule has 2 aromatic rings. The number of carbonyl (C=O) groups is 1. The second-order valence-electron chi connectivity index (χ2n) is 8.21. The van der Waals surface area contributed by atoms with Gasteiger partial charge in [0.05, 0.1) is 12.6 Å². The normalized spacial score (nSPS) is 20.1. The van der Waals surface area contributed by atoms with Crippen LogP contribution in [0.1, 0.15) is 41.7 Å². The Labute approximate surface area is 189 Å². The van der Waals surface area contributed by atoms with Gasteiger partial charge in [0, 0.05) is 25.3 Å². The van der Waals surface area contributed by atoms with Crippen molar-refractivity contribution in [2.75, 3.05) is 6.67 Å². The highest BCUT2D eigenvalue weighted by atomic mass is 19.3. The Kier molecular flexibility index (Phi) is 6.73. The van der Waals surface area contributed by atoms with Gasteiger partial charge < -0.3 is 10.6 Å². The molecule has 0 saturated heterocycles. The summed E-state index contributed by atoms with van der Waals surface area (Å²) >= 11 is 0. The van der Waals surface area contributed by atoms with Crippen LogP contribution in [0.2, 0.25) is 0 Å². The van der Waals surface area contributed by atoms with Gasteiger partial charge in [-0.2, -0.15) is 0 Å². The number of hydrogen-bond donors (Lipinski definition) is 2. The summed E-state index contributed by atoms with van der Waals surface area (Å²) in [6.07, 6.45) is 1.93. The molecule has 1 aromatic carbocycles. The van der Waals surface area contributed by atoms with Gasteiger partial charge in [-0.3, -0.25) is 20.1 Å². The number of aromatic nitrogens is 1. The third kappa shape index (κ3) is 5.75. The molecule has 7 nitrogen and oxygen atoms in total. The molecule has 0 bridgehead atoms. The summed E-state index contributed by atoms with van der Waals surface area (Å²) < 4.78 is 41.7. The molecule has 1 aliphatic carbocycles. The van der Waals surface area contributed by atoms with Crippen LogP contribution < -0.4 is 11.1 Å². The minimum Gasteiger partial charge on any atom is -0.369 e. The second kappa shape index (κ2) is 9.70. The predicted molar refractivity (Wildman–Crippen MR) is 119 cm³/mol. The number of halogens is 3. The lowest BCUT2D eigenvalue weighted by atomic mass is 10.1. The Balaban J connectivity index is 1.47. The standard InChI is InChI=1S/C23H25F3N6O/c24-21(25)19-8-5-17(10-29-19)12-32(18-6-7-18)22-23(26,13-28-14-30-22)31-11-16-3-1-15(2-4-16)9-20(27)33/h1-5,8,10,13,18,21,31H,6-7,9,11-12,14H2,(H2,27,33). The van der Waals surface area contributed by atoms with Gasteiger partial charge in [-0.25, -0.2) is 18.2 Å². The van der Waals surface area contributed by atoms with E-state index in [-0.39, 0.29) is 37.2 Å². The summed E-state index contributed by atoms with van der Waals surface area (Å²) in [7, 11) is 0. The number of amidine groups is 1. The number of rotatable bonds is 9. The topological polar surface area (TPSA) is 96.0 Å². The Morgan fingerprint density at radius 2 is 1.85 bits per heavy atom. The maximum atomic E-state index is 16.1. The molecule has 174 valence electrons. The second-order valence-corrected chi connectivity index (χ2v) is 8.21. The van der Waals surface area contributed by atoms with Crippen molar-refractivity contribution in [3.05, 3.63) is 65.0 Å². The van der Waals surface area contributed by atoms with Crippen molar-refractivity contribution in [3.8, 4) is 0 Å². The minimum atomic E-state index is -2.63. The van der Waals surface area contributed by atoms with Gasteiger partial charge >= 0.3 is 0 Å². The lowest BCUT2D eigenvalue weighted by Gasteiger charge is -2.35. The molecule has 0 spiro atoms. The first-order valence-electron chi connectivity index (χ1n) is 10.7. The summed E-state index contributed by atoms with van der Waals surface area (Å²) in [6.45, 7) is 0.640. The van der Waals surface area contributed by atoms with Crippen LogP contribution in [0.3, 0.4) is 0 Å². The molecular formula is C23H25F3N6O. The molecule has 1 aliphatic heterocycles. The monoisotopic (exact) mass is 458 g/mol. The van der Waals surface area contributed by atoms with Gasteiger partial charge in [0.15, 0.2) is 5.84 Å². The summed E-state index contributed by atoms with van der Waals surface area (Å²) in [5, 5.41) is 2.90. The Morgan fingerprint density at radius 1 is 1.15 bits per heavy atom. The molecule has 10 heteroatoms. The number of nitrogens with two attached hydrogens (primary N) is 1. The van der Waals surface area contributed by atoms with Crippen LogP contribution in [0.15, 0.2) is 52.6 Å². The highest BCUT2D eigenvalue weighted by Crippen LogP contribution is 2.32. The van der Waals surface area contributed by atoms with Gasteiger partial charge in [0.1, 0.15) is 12.4 Å². The van der Waals surface area contributed by atoms with E-state index in [4.69, 9.17) is 5.73 Å². The average molecular weight is 458 g/mol. The largest absolute Gasteiger partial charge is 0.369 e. The van der Waals surface area contributed by atoms with Crippen molar-refractivity contribution in [2.45, 2.75) is 50.6 Å². The smallest absolute Gasteiger partial charge is 0.280 e. The SMILES string of the molecule is NC(=O)Cc1ccc(CNC2(F)C=NCN=C2N(Cc2ccc(C(F)F)nc2)C2CC2)cc1. The summed E-state index contributed by atoms with van der Waals surface area (Å²) in [5.74, 6) is -2.27. The molecule has 4 rings (SSSR count). The van der Waals surface area contributed by atoms with Crippen molar-refractivity contribution in [2.24, 2.45) is 15.7 Å². The van der Waals surface area contributed by atoms with E-state index in [2.05, 4.69) is 20.3 Å². The lowest BCUT2D eigenvalue weighted by Crippen LogP contribution is -2.57. The zero-order chi connectivity index (χ0) is 23.4. The number of carbonyl (C=O) groups excluding carboxylic acids is 1. The number of benzene rings is 1. The van der Waals surface area contributed by atoms with Crippen molar-refractivity contribution >= 4 is 18.0 Å². The molecule has 33 heavy (non-hydrogen) atoms. The molecule has 1 aromatic heterocycles. The van der Waals surface area contributed by atoms with Crippen molar-refractivity contribution in [1.82, 2.24) is 15.2 Å². The number of alkyl halides is 3. The number of pyridine rings is 1. The molecular weight excluding hydrogens is 433 g/mol. The zero-order valence-corrected chi connectivity index (χ0v) is 17.9. The van der Waals surface area contributed by atoms with E-state index >= 15 is 4.39 Å². The van der Waals surface area contributed by atoms with E-state index in [1.807, 2.05) is 4.90 Å². The predicted octanol–water partition coefficient (Wildman–Crippen LogP) is 2.91. The average Bonchev–Trinajstić information content (AvgIpc) is 3.63. The summed E-state index contributed by atoms with van der Waals surface area (Å²) in [5.41, 5.74) is 7.23. The Bertz CT molecular complexity index is 1040. The van der Waals surface area contributed by atoms with Gasteiger partial charge in [0.2, 0.25) is 5.91 Å². The molecule has 2 aliphatic rings. The van der Waals surface area contributed by atoms with E-state index in [1.54, 1.807) is 30.3 Å². The fourth-order valence-electron chi connectivity index (χ4n) is 3.70. The van der Waals surface area contributed by atoms with Crippen molar-refractivity contribution in [3.63, 3.8) is 0 Å². The maximum absolute atomic E-state index is 16.1. The highest BCUT2D eigenvalue weighted by Gasteiger charge is 2.43. The molecule has 1 saturated carbocycles. The van der Waals surface area contributed by atoms with Gasteiger partial charge in [-0.15, -0.1) is 0 Å². The van der Waals surface area contributed by atoms with Crippen LogP contribution in [0.5, 0.6) is 0 Å². The minimum absolute atomic E-state index is 0.120.